The van der Waals surface area contributed by atoms with E-state index in [0.29, 0.717) is 25.2 Å². The zero-order chi connectivity index (χ0) is 29.8. The highest BCUT2D eigenvalue weighted by atomic mass is 35.5. The van der Waals surface area contributed by atoms with Gasteiger partial charge >= 0.3 is 12.0 Å². The first-order valence-electron chi connectivity index (χ1n) is 15.6. The van der Waals surface area contributed by atoms with Gasteiger partial charge in [0.1, 0.15) is 25.1 Å². The van der Waals surface area contributed by atoms with Crippen LogP contribution in [0.1, 0.15) is 36.9 Å². The van der Waals surface area contributed by atoms with E-state index in [2.05, 4.69) is 56.1 Å². The minimum atomic E-state index is -0.227. The number of likely N-dealkylation sites (tertiary alicyclic amines) is 2. The van der Waals surface area contributed by atoms with Crippen LogP contribution in [0.5, 0.6) is 6.01 Å². The Morgan fingerprint density at radius 3 is 2.70 bits per heavy atom. The van der Waals surface area contributed by atoms with Crippen LogP contribution in [0.15, 0.2) is 49.1 Å². The van der Waals surface area contributed by atoms with Crippen LogP contribution in [0.4, 0.5) is 16.3 Å². The molecule has 0 radical (unpaired) electrons. The Bertz CT molecular complexity index is 1710. The molecule has 8 rings (SSSR count). The first-order valence-corrected chi connectivity index (χ1v) is 15.9. The van der Waals surface area contributed by atoms with E-state index in [9.17, 15) is 4.79 Å². The summed E-state index contributed by atoms with van der Waals surface area (Å²) in [6, 6.07) is 13.1. The van der Waals surface area contributed by atoms with Crippen molar-refractivity contribution in [3.63, 3.8) is 0 Å². The monoisotopic (exact) mass is 613 g/mol. The van der Waals surface area contributed by atoms with Crippen LogP contribution in [-0.4, -0.2) is 98.5 Å². The molecule has 0 aliphatic carbocycles. The highest BCUT2D eigenvalue weighted by Crippen LogP contribution is 2.43. The molecule has 12 heteroatoms. The standard InChI is InChI=1S/C32H36ClN9O2/c1-38-13-4-7-23(38)18-44-30-36-26-17-39(27-9-3-6-22-5-2-8-25(33)28(22)27)14-10-24(26)29(37-30)40-15-11-32(19-40)12-16-41(32)31(43)42-21-34-20-35-42/h2-3,5-6,8-9,20-21,23H,4,7,10-19H2,1H3/t23-,32?/m0/s1. The summed E-state index contributed by atoms with van der Waals surface area (Å²) < 4.78 is 7.67. The zero-order valence-corrected chi connectivity index (χ0v) is 25.7. The number of carbonyl (C=O) groups is 1. The summed E-state index contributed by atoms with van der Waals surface area (Å²) in [6.45, 7) is 5.40. The Kier molecular flexibility index (Phi) is 6.82. The van der Waals surface area contributed by atoms with Gasteiger partial charge in [0.05, 0.1) is 22.8 Å². The number of ether oxygens (including phenoxy) is 1. The van der Waals surface area contributed by atoms with Crippen LogP contribution in [0.25, 0.3) is 10.8 Å². The van der Waals surface area contributed by atoms with Crippen molar-refractivity contribution in [2.24, 2.45) is 0 Å². The second kappa shape index (κ2) is 10.9. The van der Waals surface area contributed by atoms with Crippen LogP contribution >= 0.6 is 11.6 Å². The largest absolute Gasteiger partial charge is 0.462 e. The van der Waals surface area contributed by atoms with Crippen LogP contribution in [0, 0.1) is 0 Å². The number of benzene rings is 2. The van der Waals surface area contributed by atoms with E-state index in [-0.39, 0.29) is 11.6 Å². The van der Waals surface area contributed by atoms with E-state index in [1.807, 2.05) is 17.0 Å². The number of halogens is 1. The molecule has 1 amide bonds. The van der Waals surface area contributed by atoms with Gasteiger partial charge in [-0.15, -0.1) is 0 Å². The fourth-order valence-corrected chi connectivity index (χ4v) is 7.83. The van der Waals surface area contributed by atoms with Gasteiger partial charge in [-0.05, 0) is 63.2 Å². The minimum absolute atomic E-state index is 0.116. The normalized spacial score (nSPS) is 23.4. The van der Waals surface area contributed by atoms with E-state index >= 15 is 0 Å². The van der Waals surface area contributed by atoms with Crippen LogP contribution in [0.3, 0.4) is 0 Å². The number of anilines is 2. The molecule has 2 aromatic carbocycles. The molecule has 228 valence electrons. The molecular formula is C32H36ClN9O2. The van der Waals surface area contributed by atoms with Gasteiger partial charge in [-0.2, -0.15) is 19.7 Å². The van der Waals surface area contributed by atoms with Crippen molar-refractivity contribution in [3.8, 4) is 6.01 Å². The van der Waals surface area contributed by atoms with E-state index in [4.69, 9.17) is 26.3 Å². The summed E-state index contributed by atoms with van der Waals surface area (Å²) in [5, 5.41) is 7.03. The number of rotatable bonds is 5. The van der Waals surface area contributed by atoms with E-state index in [0.717, 1.165) is 91.4 Å². The quantitative estimate of drug-likeness (QED) is 0.328. The molecule has 1 spiro atoms. The highest BCUT2D eigenvalue weighted by Gasteiger charge is 2.52. The summed E-state index contributed by atoms with van der Waals surface area (Å²) in [7, 11) is 2.15. The minimum Gasteiger partial charge on any atom is -0.462 e. The molecule has 4 aliphatic rings. The summed E-state index contributed by atoms with van der Waals surface area (Å²) in [5.41, 5.74) is 3.05. The van der Waals surface area contributed by atoms with Crippen molar-refractivity contribution >= 4 is 39.9 Å². The number of likely N-dealkylation sites (N-methyl/N-ethyl adjacent to an activating group) is 1. The Hall–Kier alpha value is -3.96. The number of fused-ring (bicyclic) bond motifs is 2. The number of aromatic nitrogens is 5. The van der Waals surface area contributed by atoms with Crippen molar-refractivity contribution in [1.82, 2.24) is 34.5 Å². The maximum Gasteiger partial charge on any atom is 0.346 e. The molecule has 0 N–H and O–H groups in total. The number of hydrogen-bond acceptors (Lipinski definition) is 9. The molecule has 6 heterocycles. The van der Waals surface area contributed by atoms with Crippen molar-refractivity contribution in [3.05, 3.63) is 65.3 Å². The first kappa shape index (κ1) is 27.6. The van der Waals surface area contributed by atoms with Gasteiger partial charge < -0.3 is 24.3 Å². The molecule has 2 atom stereocenters. The third-order valence-electron chi connectivity index (χ3n) is 10.1. The molecule has 2 aromatic heterocycles. The average Bonchev–Trinajstić information content (AvgIpc) is 3.81. The number of amides is 1. The summed E-state index contributed by atoms with van der Waals surface area (Å²) in [4.78, 5) is 36.3. The van der Waals surface area contributed by atoms with E-state index < -0.39 is 0 Å². The van der Waals surface area contributed by atoms with Crippen LogP contribution < -0.4 is 14.5 Å². The molecule has 3 saturated heterocycles. The lowest BCUT2D eigenvalue weighted by atomic mass is 9.84. The maximum atomic E-state index is 13.2. The van der Waals surface area contributed by atoms with Gasteiger partial charge in [-0.1, -0.05) is 35.9 Å². The number of nitrogens with zero attached hydrogens (tertiary/aromatic N) is 9. The fourth-order valence-electron chi connectivity index (χ4n) is 7.55. The van der Waals surface area contributed by atoms with Gasteiger partial charge in [0.25, 0.3) is 0 Å². The Balaban J connectivity index is 1.11. The lowest BCUT2D eigenvalue weighted by molar-refractivity contribution is 0.0400. The Morgan fingerprint density at radius 2 is 1.93 bits per heavy atom. The maximum absolute atomic E-state index is 13.2. The molecule has 44 heavy (non-hydrogen) atoms. The summed E-state index contributed by atoms with van der Waals surface area (Å²) in [5.74, 6) is 0.942. The predicted octanol–water partition coefficient (Wildman–Crippen LogP) is 4.23. The molecular weight excluding hydrogens is 578 g/mol. The molecule has 4 aliphatic heterocycles. The van der Waals surface area contributed by atoms with E-state index in [1.54, 1.807) is 0 Å². The van der Waals surface area contributed by atoms with Crippen molar-refractivity contribution < 1.29 is 9.53 Å². The summed E-state index contributed by atoms with van der Waals surface area (Å²) in [6.07, 6.45) is 7.83. The number of carbonyl (C=O) groups excluding carboxylic acids is 1. The van der Waals surface area contributed by atoms with Crippen molar-refractivity contribution in [2.45, 2.75) is 50.2 Å². The van der Waals surface area contributed by atoms with Crippen LogP contribution in [-0.2, 0) is 13.0 Å². The topological polar surface area (TPSA) is 95.8 Å². The lowest BCUT2D eigenvalue weighted by Gasteiger charge is -2.50. The smallest absolute Gasteiger partial charge is 0.346 e. The molecule has 11 nitrogen and oxygen atoms in total. The van der Waals surface area contributed by atoms with Crippen LogP contribution in [0.2, 0.25) is 5.02 Å². The number of hydrogen-bond donors (Lipinski definition) is 0. The van der Waals surface area contributed by atoms with Gasteiger partial charge in [-0.3, -0.25) is 0 Å². The summed E-state index contributed by atoms with van der Waals surface area (Å²) >= 11 is 6.73. The predicted molar refractivity (Wildman–Crippen MR) is 169 cm³/mol. The molecule has 3 fully saturated rings. The lowest BCUT2D eigenvalue weighted by Crippen LogP contribution is -2.64. The van der Waals surface area contributed by atoms with Crippen molar-refractivity contribution in [1.29, 1.82) is 0 Å². The molecule has 0 saturated carbocycles. The SMILES string of the molecule is CN1CCC[C@H]1COc1nc2c(c(N3CCC4(CCN4C(=O)n4cncn4)C3)n1)CCN(c1cccc3cccc(Cl)c13)C2. The third-order valence-corrected chi connectivity index (χ3v) is 10.4. The van der Waals surface area contributed by atoms with Gasteiger partial charge in [-0.25, -0.2) is 9.78 Å². The van der Waals surface area contributed by atoms with Crippen molar-refractivity contribution in [2.75, 3.05) is 56.2 Å². The second-order valence-electron chi connectivity index (χ2n) is 12.5. The second-order valence-corrected chi connectivity index (χ2v) is 13.0. The third kappa shape index (κ3) is 4.64. The van der Waals surface area contributed by atoms with Gasteiger partial charge in [0.15, 0.2) is 0 Å². The molecule has 0 bridgehead atoms. The zero-order valence-electron chi connectivity index (χ0n) is 24.9. The Labute approximate surface area is 261 Å². The molecule has 1 unspecified atom stereocenters. The fraction of sp³-hybridized carbons (Fsp3) is 0.469. The van der Waals surface area contributed by atoms with E-state index in [1.165, 1.54) is 29.3 Å². The van der Waals surface area contributed by atoms with Gasteiger partial charge in [0, 0.05) is 48.9 Å². The first-order chi connectivity index (χ1) is 21.5. The highest BCUT2D eigenvalue weighted by molar-refractivity contribution is 6.36. The Morgan fingerprint density at radius 1 is 1.07 bits per heavy atom. The van der Waals surface area contributed by atoms with Gasteiger partial charge in [0.2, 0.25) is 0 Å². The molecule has 4 aromatic rings. The average molecular weight is 614 g/mol.